The Balaban J connectivity index is 1.78. The van der Waals surface area contributed by atoms with Crippen LogP contribution in [0.3, 0.4) is 0 Å². The van der Waals surface area contributed by atoms with Crippen molar-refractivity contribution in [2.24, 2.45) is 0 Å². The SMILES string of the molecule is Cc1ccn2cc(COc3cccc(N)c3)nc2c1. The molecule has 2 N–H and O–H groups in total. The van der Waals surface area contributed by atoms with E-state index in [0.29, 0.717) is 12.3 Å². The fourth-order valence-corrected chi connectivity index (χ4v) is 1.97. The predicted octanol–water partition coefficient (Wildman–Crippen LogP) is 2.80. The molecule has 4 heteroatoms. The maximum absolute atomic E-state index is 5.71. The first kappa shape index (κ1) is 11.6. The van der Waals surface area contributed by atoms with E-state index in [1.807, 2.05) is 41.1 Å². The number of hydrogen-bond acceptors (Lipinski definition) is 3. The van der Waals surface area contributed by atoms with E-state index in [4.69, 9.17) is 10.5 Å². The highest BCUT2D eigenvalue weighted by molar-refractivity contribution is 5.44. The Morgan fingerprint density at radius 3 is 3.00 bits per heavy atom. The molecule has 96 valence electrons. The van der Waals surface area contributed by atoms with Gasteiger partial charge in [0.05, 0.1) is 5.69 Å². The van der Waals surface area contributed by atoms with E-state index in [1.165, 1.54) is 5.56 Å². The summed E-state index contributed by atoms with van der Waals surface area (Å²) < 4.78 is 7.67. The van der Waals surface area contributed by atoms with Crippen molar-refractivity contribution in [3.05, 3.63) is 60.0 Å². The highest BCUT2D eigenvalue weighted by Crippen LogP contribution is 2.16. The van der Waals surface area contributed by atoms with E-state index >= 15 is 0 Å². The minimum atomic E-state index is 0.435. The fraction of sp³-hybridized carbons (Fsp3) is 0.133. The van der Waals surface area contributed by atoms with Gasteiger partial charge < -0.3 is 14.9 Å². The number of nitrogens with two attached hydrogens (primary N) is 1. The number of aromatic nitrogens is 2. The third-order valence-corrected chi connectivity index (χ3v) is 2.91. The molecule has 0 spiro atoms. The molecule has 2 aromatic heterocycles. The summed E-state index contributed by atoms with van der Waals surface area (Å²) in [6.45, 7) is 2.49. The quantitative estimate of drug-likeness (QED) is 0.730. The number of rotatable bonds is 3. The molecule has 3 aromatic rings. The van der Waals surface area contributed by atoms with Crippen molar-refractivity contribution in [3.8, 4) is 5.75 Å². The van der Waals surface area contributed by atoms with Crippen molar-refractivity contribution in [1.29, 1.82) is 0 Å². The van der Waals surface area contributed by atoms with Gasteiger partial charge in [-0.25, -0.2) is 4.98 Å². The number of aryl methyl sites for hydroxylation is 1. The van der Waals surface area contributed by atoms with Crippen LogP contribution in [0.1, 0.15) is 11.3 Å². The van der Waals surface area contributed by atoms with Gasteiger partial charge in [0.25, 0.3) is 0 Å². The van der Waals surface area contributed by atoms with Crippen molar-refractivity contribution < 1.29 is 4.74 Å². The molecule has 1 aromatic carbocycles. The molecule has 0 fully saturated rings. The van der Waals surface area contributed by atoms with E-state index in [-0.39, 0.29) is 0 Å². The largest absolute Gasteiger partial charge is 0.487 e. The van der Waals surface area contributed by atoms with E-state index in [0.717, 1.165) is 17.1 Å². The summed E-state index contributed by atoms with van der Waals surface area (Å²) in [6, 6.07) is 11.5. The number of pyridine rings is 1. The molecule has 0 aliphatic carbocycles. The summed E-state index contributed by atoms with van der Waals surface area (Å²) >= 11 is 0. The van der Waals surface area contributed by atoms with Crippen molar-refractivity contribution >= 4 is 11.3 Å². The van der Waals surface area contributed by atoms with Gasteiger partial charge in [-0.2, -0.15) is 0 Å². The van der Waals surface area contributed by atoms with Crippen LogP contribution in [0.5, 0.6) is 5.75 Å². The van der Waals surface area contributed by atoms with Crippen LogP contribution in [0.15, 0.2) is 48.8 Å². The van der Waals surface area contributed by atoms with Gasteiger partial charge in [0.2, 0.25) is 0 Å². The highest BCUT2D eigenvalue weighted by atomic mass is 16.5. The van der Waals surface area contributed by atoms with Crippen molar-refractivity contribution in [2.45, 2.75) is 13.5 Å². The summed E-state index contributed by atoms with van der Waals surface area (Å²) in [5, 5.41) is 0. The van der Waals surface area contributed by atoms with E-state index in [1.54, 1.807) is 6.07 Å². The monoisotopic (exact) mass is 253 g/mol. The number of nitrogen functional groups attached to an aromatic ring is 1. The number of fused-ring (bicyclic) bond motifs is 1. The molecule has 3 rings (SSSR count). The van der Waals surface area contributed by atoms with Crippen LogP contribution in [0.25, 0.3) is 5.65 Å². The normalized spacial score (nSPS) is 10.8. The Morgan fingerprint density at radius 2 is 2.16 bits per heavy atom. The lowest BCUT2D eigenvalue weighted by molar-refractivity contribution is 0.302. The van der Waals surface area contributed by atoms with Crippen molar-refractivity contribution in [3.63, 3.8) is 0 Å². The first-order chi connectivity index (χ1) is 9.20. The first-order valence-electron chi connectivity index (χ1n) is 6.13. The molecule has 0 saturated carbocycles. The molecule has 0 atom stereocenters. The van der Waals surface area contributed by atoms with Gasteiger partial charge in [0.1, 0.15) is 18.0 Å². The Morgan fingerprint density at radius 1 is 1.26 bits per heavy atom. The fourth-order valence-electron chi connectivity index (χ4n) is 1.97. The predicted molar refractivity (Wildman–Crippen MR) is 75.1 cm³/mol. The topological polar surface area (TPSA) is 52.5 Å². The smallest absolute Gasteiger partial charge is 0.137 e. The first-order valence-corrected chi connectivity index (χ1v) is 6.13. The molecule has 19 heavy (non-hydrogen) atoms. The average Bonchev–Trinajstić information content (AvgIpc) is 2.78. The van der Waals surface area contributed by atoms with Crippen LogP contribution in [0.2, 0.25) is 0 Å². The zero-order chi connectivity index (χ0) is 13.2. The van der Waals surface area contributed by atoms with Gasteiger partial charge in [0, 0.05) is 24.1 Å². The number of benzene rings is 1. The second kappa shape index (κ2) is 4.65. The van der Waals surface area contributed by atoms with Crippen LogP contribution in [0.4, 0.5) is 5.69 Å². The summed E-state index contributed by atoms with van der Waals surface area (Å²) in [5.41, 5.74) is 9.43. The van der Waals surface area contributed by atoms with E-state index in [9.17, 15) is 0 Å². The Hall–Kier alpha value is -2.49. The molecular weight excluding hydrogens is 238 g/mol. The van der Waals surface area contributed by atoms with Gasteiger partial charge >= 0.3 is 0 Å². The zero-order valence-electron chi connectivity index (χ0n) is 10.7. The molecule has 0 radical (unpaired) electrons. The second-order valence-corrected chi connectivity index (χ2v) is 4.56. The summed E-state index contributed by atoms with van der Waals surface area (Å²) in [6.07, 6.45) is 3.97. The van der Waals surface area contributed by atoms with Crippen LogP contribution >= 0.6 is 0 Å². The minimum absolute atomic E-state index is 0.435. The Kier molecular flexibility index (Phi) is 2.83. The summed E-state index contributed by atoms with van der Waals surface area (Å²) in [4.78, 5) is 4.52. The lowest BCUT2D eigenvalue weighted by atomic mass is 10.3. The lowest BCUT2D eigenvalue weighted by Gasteiger charge is -2.04. The second-order valence-electron chi connectivity index (χ2n) is 4.56. The average molecular weight is 253 g/mol. The number of ether oxygens (including phenoxy) is 1. The Labute approximate surface area is 111 Å². The lowest BCUT2D eigenvalue weighted by Crippen LogP contribution is -1.96. The van der Waals surface area contributed by atoms with Crippen LogP contribution in [-0.2, 0) is 6.61 Å². The van der Waals surface area contributed by atoms with Crippen LogP contribution in [-0.4, -0.2) is 9.38 Å². The third kappa shape index (κ3) is 2.52. The maximum atomic E-state index is 5.71. The Bertz CT molecular complexity index is 718. The van der Waals surface area contributed by atoms with Gasteiger partial charge in [-0.15, -0.1) is 0 Å². The van der Waals surface area contributed by atoms with Crippen LogP contribution < -0.4 is 10.5 Å². The van der Waals surface area contributed by atoms with Gasteiger partial charge in [0.15, 0.2) is 0 Å². The van der Waals surface area contributed by atoms with Crippen molar-refractivity contribution in [2.75, 3.05) is 5.73 Å². The summed E-state index contributed by atoms with van der Waals surface area (Å²) in [5.74, 6) is 0.758. The van der Waals surface area contributed by atoms with E-state index < -0.39 is 0 Å². The van der Waals surface area contributed by atoms with Gasteiger partial charge in [-0.3, -0.25) is 0 Å². The number of hydrogen-bond donors (Lipinski definition) is 1. The van der Waals surface area contributed by atoms with Gasteiger partial charge in [-0.05, 0) is 36.8 Å². The molecule has 2 heterocycles. The van der Waals surface area contributed by atoms with Gasteiger partial charge in [-0.1, -0.05) is 6.07 Å². The molecule has 0 amide bonds. The highest BCUT2D eigenvalue weighted by Gasteiger charge is 2.03. The van der Waals surface area contributed by atoms with Crippen molar-refractivity contribution in [1.82, 2.24) is 9.38 Å². The maximum Gasteiger partial charge on any atom is 0.137 e. The molecule has 4 nitrogen and oxygen atoms in total. The molecule has 0 unspecified atom stereocenters. The number of nitrogens with zero attached hydrogens (tertiary/aromatic N) is 2. The zero-order valence-corrected chi connectivity index (χ0v) is 10.7. The molecule has 0 bridgehead atoms. The van der Waals surface area contributed by atoms with Crippen LogP contribution in [0, 0.1) is 6.92 Å². The molecular formula is C15H15N3O. The summed E-state index contributed by atoms with van der Waals surface area (Å²) in [7, 11) is 0. The molecule has 0 saturated heterocycles. The number of anilines is 1. The number of imidazole rings is 1. The molecule has 0 aliphatic heterocycles. The van der Waals surface area contributed by atoms with E-state index in [2.05, 4.69) is 18.0 Å². The standard InChI is InChI=1S/C15H15N3O/c1-11-5-6-18-9-13(17-15(18)7-11)10-19-14-4-2-3-12(16)8-14/h2-9H,10,16H2,1H3. The minimum Gasteiger partial charge on any atom is -0.487 e. The molecule has 0 aliphatic rings. The third-order valence-electron chi connectivity index (χ3n) is 2.91.